The minimum atomic E-state index is -0.310. The molecule has 0 aliphatic heterocycles. The van der Waals surface area contributed by atoms with Crippen LogP contribution in [0, 0.1) is 0 Å². The number of hydrogen-bond donors (Lipinski definition) is 3. The number of thioether (sulfide) groups is 1. The van der Waals surface area contributed by atoms with E-state index in [2.05, 4.69) is 16.0 Å². The topological polar surface area (TPSA) is 79.5 Å². The first-order chi connectivity index (χ1) is 15.0. The molecule has 0 aliphatic rings. The summed E-state index contributed by atoms with van der Waals surface area (Å²) in [5, 5.41) is 8.19. The van der Waals surface area contributed by atoms with E-state index in [0.717, 1.165) is 22.0 Å². The molecule has 3 aromatic rings. The molecule has 0 saturated heterocycles. The smallest absolute Gasteiger partial charge is 0.323 e. The quantitative estimate of drug-likeness (QED) is 0.388. The van der Waals surface area contributed by atoms with Gasteiger partial charge in [0, 0.05) is 22.0 Å². The number of carbonyl (C=O) groups excluding carboxylic acids is 2. The van der Waals surface area contributed by atoms with Crippen molar-refractivity contribution in [2.75, 3.05) is 22.6 Å². The molecule has 1 atom stereocenters. The van der Waals surface area contributed by atoms with Crippen LogP contribution in [-0.4, -0.2) is 23.8 Å². The average molecular weight is 436 g/mol. The van der Waals surface area contributed by atoms with E-state index in [1.807, 2.05) is 92.7 Å². The number of urea groups is 1. The molecular formula is C24H25N3O3S. The van der Waals surface area contributed by atoms with Crippen LogP contribution in [0.2, 0.25) is 0 Å². The molecule has 0 aliphatic carbocycles. The summed E-state index contributed by atoms with van der Waals surface area (Å²) in [6.45, 7) is 4.39. The highest BCUT2D eigenvalue weighted by molar-refractivity contribution is 8.00. The number of benzene rings is 3. The zero-order chi connectivity index (χ0) is 22.1. The number of rotatable bonds is 8. The third-order valence-corrected chi connectivity index (χ3v) is 5.37. The summed E-state index contributed by atoms with van der Waals surface area (Å²) < 4.78 is 5.41. The third-order valence-electron chi connectivity index (χ3n) is 4.26. The summed E-state index contributed by atoms with van der Waals surface area (Å²) in [5.41, 5.74) is 2.12. The predicted molar refractivity (Wildman–Crippen MR) is 127 cm³/mol. The zero-order valence-corrected chi connectivity index (χ0v) is 18.2. The predicted octanol–water partition coefficient (Wildman–Crippen LogP) is 5.85. The Morgan fingerprint density at radius 3 is 1.97 bits per heavy atom. The highest BCUT2D eigenvalue weighted by atomic mass is 32.2. The maximum Gasteiger partial charge on any atom is 0.323 e. The summed E-state index contributed by atoms with van der Waals surface area (Å²) in [6, 6.07) is 23.6. The Morgan fingerprint density at radius 2 is 1.35 bits per heavy atom. The summed E-state index contributed by atoms with van der Waals surface area (Å²) >= 11 is 1.45. The summed E-state index contributed by atoms with van der Waals surface area (Å²) in [7, 11) is 0. The maximum atomic E-state index is 12.5. The lowest BCUT2D eigenvalue weighted by Gasteiger charge is -2.13. The van der Waals surface area contributed by atoms with E-state index in [4.69, 9.17) is 4.74 Å². The lowest BCUT2D eigenvalue weighted by Crippen LogP contribution is -2.22. The van der Waals surface area contributed by atoms with Crippen LogP contribution < -0.4 is 20.7 Å². The Morgan fingerprint density at radius 1 is 0.806 bits per heavy atom. The Balaban J connectivity index is 1.49. The van der Waals surface area contributed by atoms with Gasteiger partial charge in [0.05, 0.1) is 11.9 Å². The normalized spacial score (nSPS) is 11.3. The van der Waals surface area contributed by atoms with Gasteiger partial charge in [0.2, 0.25) is 5.91 Å². The van der Waals surface area contributed by atoms with Gasteiger partial charge in [-0.25, -0.2) is 4.79 Å². The van der Waals surface area contributed by atoms with E-state index in [0.29, 0.717) is 12.3 Å². The Bertz CT molecular complexity index is 993. The van der Waals surface area contributed by atoms with Crippen molar-refractivity contribution in [3.05, 3.63) is 78.9 Å². The molecule has 7 heteroatoms. The number of para-hydroxylation sites is 1. The van der Waals surface area contributed by atoms with Crippen molar-refractivity contribution in [3.63, 3.8) is 0 Å². The van der Waals surface area contributed by atoms with Crippen LogP contribution in [0.5, 0.6) is 5.75 Å². The molecule has 31 heavy (non-hydrogen) atoms. The molecule has 160 valence electrons. The van der Waals surface area contributed by atoms with Crippen LogP contribution in [0.3, 0.4) is 0 Å². The maximum absolute atomic E-state index is 12.5. The second-order valence-corrected chi connectivity index (χ2v) is 8.09. The van der Waals surface area contributed by atoms with Crippen molar-refractivity contribution in [2.45, 2.75) is 24.0 Å². The standard InChI is InChI=1S/C24H25N3O3S/c1-3-30-21-13-9-19(10-14-21)25-23(28)17(2)31-22-15-11-20(12-16-22)27-24(29)26-18-7-5-4-6-8-18/h4-17H,3H2,1-2H3,(H,25,28)(H2,26,27,29). The lowest BCUT2D eigenvalue weighted by molar-refractivity contribution is -0.115. The largest absolute Gasteiger partial charge is 0.494 e. The van der Waals surface area contributed by atoms with Crippen LogP contribution in [0.1, 0.15) is 13.8 Å². The van der Waals surface area contributed by atoms with Crippen molar-refractivity contribution < 1.29 is 14.3 Å². The van der Waals surface area contributed by atoms with Crippen LogP contribution in [0.15, 0.2) is 83.8 Å². The first kappa shape index (κ1) is 22.2. The minimum Gasteiger partial charge on any atom is -0.494 e. The molecule has 3 rings (SSSR count). The van der Waals surface area contributed by atoms with E-state index >= 15 is 0 Å². The van der Waals surface area contributed by atoms with Crippen LogP contribution in [0.25, 0.3) is 0 Å². The van der Waals surface area contributed by atoms with Crippen molar-refractivity contribution in [1.82, 2.24) is 0 Å². The van der Waals surface area contributed by atoms with Gasteiger partial charge in [-0.1, -0.05) is 18.2 Å². The molecular weight excluding hydrogens is 410 g/mol. The van der Waals surface area contributed by atoms with Crippen LogP contribution in [-0.2, 0) is 4.79 Å². The molecule has 0 saturated carbocycles. The van der Waals surface area contributed by atoms with E-state index in [9.17, 15) is 9.59 Å². The van der Waals surface area contributed by atoms with Crippen molar-refractivity contribution in [3.8, 4) is 5.75 Å². The zero-order valence-electron chi connectivity index (χ0n) is 17.4. The van der Waals surface area contributed by atoms with E-state index in [-0.39, 0.29) is 17.2 Å². The fourth-order valence-corrected chi connectivity index (χ4v) is 3.60. The molecule has 0 aromatic heterocycles. The first-order valence-electron chi connectivity index (χ1n) is 9.97. The Labute approximate surface area is 186 Å². The van der Waals surface area contributed by atoms with Gasteiger partial charge in [0.15, 0.2) is 0 Å². The minimum absolute atomic E-state index is 0.0846. The average Bonchev–Trinajstić information content (AvgIpc) is 2.77. The number of amides is 3. The molecule has 0 bridgehead atoms. The summed E-state index contributed by atoms with van der Waals surface area (Å²) in [5.74, 6) is 0.688. The number of anilines is 3. The highest BCUT2D eigenvalue weighted by Crippen LogP contribution is 2.26. The fraction of sp³-hybridized carbons (Fsp3) is 0.167. The van der Waals surface area contributed by atoms with Crippen molar-refractivity contribution >= 4 is 40.8 Å². The van der Waals surface area contributed by atoms with E-state index in [1.54, 1.807) is 0 Å². The molecule has 0 radical (unpaired) electrons. The second kappa shape index (κ2) is 11.1. The van der Waals surface area contributed by atoms with Gasteiger partial charge in [-0.3, -0.25) is 4.79 Å². The number of nitrogens with one attached hydrogen (secondary N) is 3. The van der Waals surface area contributed by atoms with E-state index in [1.165, 1.54) is 11.8 Å². The molecule has 0 spiro atoms. The second-order valence-electron chi connectivity index (χ2n) is 6.68. The fourth-order valence-electron chi connectivity index (χ4n) is 2.73. The first-order valence-corrected chi connectivity index (χ1v) is 10.8. The Kier molecular flexibility index (Phi) is 7.95. The molecule has 0 heterocycles. The molecule has 3 N–H and O–H groups in total. The molecule has 1 unspecified atom stereocenters. The SMILES string of the molecule is CCOc1ccc(NC(=O)C(C)Sc2ccc(NC(=O)Nc3ccccc3)cc2)cc1. The molecule has 6 nitrogen and oxygen atoms in total. The van der Waals surface area contributed by atoms with Gasteiger partial charge in [0.1, 0.15) is 5.75 Å². The third kappa shape index (κ3) is 7.08. The van der Waals surface area contributed by atoms with Crippen molar-refractivity contribution in [2.24, 2.45) is 0 Å². The van der Waals surface area contributed by atoms with Crippen molar-refractivity contribution in [1.29, 1.82) is 0 Å². The number of ether oxygens (including phenoxy) is 1. The van der Waals surface area contributed by atoms with Gasteiger partial charge < -0.3 is 20.7 Å². The molecule has 3 aromatic carbocycles. The van der Waals surface area contributed by atoms with Crippen LogP contribution >= 0.6 is 11.8 Å². The monoisotopic (exact) mass is 435 g/mol. The van der Waals surface area contributed by atoms with Gasteiger partial charge in [0.25, 0.3) is 0 Å². The van der Waals surface area contributed by atoms with Gasteiger partial charge in [-0.15, -0.1) is 11.8 Å². The highest BCUT2D eigenvalue weighted by Gasteiger charge is 2.15. The van der Waals surface area contributed by atoms with Gasteiger partial charge in [-0.2, -0.15) is 0 Å². The summed E-state index contributed by atoms with van der Waals surface area (Å²) in [4.78, 5) is 25.5. The molecule has 0 fully saturated rings. The van der Waals surface area contributed by atoms with E-state index < -0.39 is 0 Å². The number of hydrogen-bond acceptors (Lipinski definition) is 4. The van der Waals surface area contributed by atoms with Crippen LogP contribution in [0.4, 0.5) is 21.9 Å². The van der Waals surface area contributed by atoms with Gasteiger partial charge >= 0.3 is 6.03 Å². The number of carbonyl (C=O) groups is 2. The van der Waals surface area contributed by atoms with Gasteiger partial charge in [-0.05, 0) is 74.5 Å². The Hall–Kier alpha value is -3.45. The molecule has 3 amide bonds. The summed E-state index contributed by atoms with van der Waals surface area (Å²) in [6.07, 6.45) is 0. The lowest BCUT2D eigenvalue weighted by atomic mass is 10.3.